The first-order valence-corrected chi connectivity index (χ1v) is 12.4. The summed E-state index contributed by atoms with van der Waals surface area (Å²) in [6.45, 7) is 11.8. The number of carbonyl (C=O) groups excluding carboxylic acids is 2. The molecule has 0 fully saturated rings. The molecule has 0 radical (unpaired) electrons. The molecule has 8 nitrogen and oxygen atoms in total. The molecule has 0 unspecified atom stereocenters. The summed E-state index contributed by atoms with van der Waals surface area (Å²) in [6.07, 6.45) is -0.129. The second-order valence-electron chi connectivity index (χ2n) is 10.0. The fourth-order valence-corrected chi connectivity index (χ4v) is 4.50. The number of aliphatic imine (C=N–C) groups is 1. The van der Waals surface area contributed by atoms with Gasteiger partial charge in [-0.15, -0.1) is 0 Å². The van der Waals surface area contributed by atoms with Crippen molar-refractivity contribution < 1.29 is 23.8 Å². The van der Waals surface area contributed by atoms with Crippen molar-refractivity contribution in [2.75, 3.05) is 13.7 Å². The van der Waals surface area contributed by atoms with Crippen molar-refractivity contribution in [2.24, 2.45) is 16.3 Å². The zero-order chi connectivity index (χ0) is 27.0. The van der Waals surface area contributed by atoms with E-state index in [4.69, 9.17) is 19.2 Å². The van der Waals surface area contributed by atoms with E-state index >= 15 is 0 Å². The quantitative estimate of drug-likeness (QED) is 0.485. The fraction of sp³-hybridized carbons (Fsp3) is 0.414. The van der Waals surface area contributed by atoms with Crippen molar-refractivity contribution in [3.63, 3.8) is 0 Å². The fourth-order valence-electron chi connectivity index (χ4n) is 4.50. The van der Waals surface area contributed by atoms with Gasteiger partial charge in [-0.2, -0.15) is 0 Å². The van der Waals surface area contributed by atoms with E-state index in [-0.39, 0.29) is 13.2 Å². The molecule has 0 aromatic heterocycles. The zero-order valence-electron chi connectivity index (χ0n) is 22.2. The number of carbonyl (C=O) groups is 2. The molecule has 37 heavy (non-hydrogen) atoms. The summed E-state index contributed by atoms with van der Waals surface area (Å²) in [5.41, 5.74) is 1.30. The Morgan fingerprint density at radius 2 is 1.70 bits per heavy atom. The number of amides is 2. The molecular weight excluding hydrogens is 470 g/mol. The lowest BCUT2D eigenvalue weighted by Gasteiger charge is -2.48. The molecule has 4 atom stereocenters. The van der Waals surface area contributed by atoms with E-state index in [0.29, 0.717) is 5.90 Å². The van der Waals surface area contributed by atoms with E-state index in [1.165, 1.54) is 6.08 Å². The van der Waals surface area contributed by atoms with Gasteiger partial charge in [-0.05, 0) is 18.1 Å². The molecule has 3 rings (SSSR count). The minimum atomic E-state index is -0.604. The van der Waals surface area contributed by atoms with Crippen LogP contribution in [0.5, 0.6) is 0 Å². The van der Waals surface area contributed by atoms with Crippen LogP contribution in [0.15, 0.2) is 78.3 Å². The molecule has 1 aliphatic heterocycles. The molecule has 0 spiro atoms. The van der Waals surface area contributed by atoms with Gasteiger partial charge in [0.25, 0.3) is 0 Å². The number of methoxy groups -OCH3 is 1. The average molecular weight is 508 g/mol. The van der Waals surface area contributed by atoms with Crippen LogP contribution in [0.3, 0.4) is 0 Å². The van der Waals surface area contributed by atoms with Gasteiger partial charge in [0.15, 0.2) is 5.90 Å². The Kier molecular flexibility index (Phi) is 9.33. The molecule has 2 amide bonds. The molecule has 2 aromatic carbocycles. The third-order valence-corrected chi connectivity index (χ3v) is 6.28. The highest BCUT2D eigenvalue weighted by Crippen LogP contribution is 2.39. The summed E-state index contributed by atoms with van der Waals surface area (Å²) in [5, 5.41) is 2.95. The summed E-state index contributed by atoms with van der Waals surface area (Å²) in [6, 6.07) is 18.0. The molecule has 0 aliphatic carbocycles. The number of alkyl carbamates (subject to hydrolysis) is 1. The first-order chi connectivity index (χ1) is 17.7. The van der Waals surface area contributed by atoms with Crippen molar-refractivity contribution in [3.8, 4) is 0 Å². The Morgan fingerprint density at radius 1 is 1.08 bits per heavy atom. The van der Waals surface area contributed by atoms with E-state index in [2.05, 4.69) is 11.9 Å². The van der Waals surface area contributed by atoms with Crippen LogP contribution < -0.4 is 5.32 Å². The van der Waals surface area contributed by atoms with Crippen molar-refractivity contribution in [1.29, 1.82) is 0 Å². The maximum Gasteiger partial charge on any atom is 0.412 e. The number of nitrogens with one attached hydrogen (secondary N) is 1. The van der Waals surface area contributed by atoms with Crippen LogP contribution in [0.4, 0.5) is 9.59 Å². The molecule has 0 bridgehead atoms. The van der Waals surface area contributed by atoms with Crippen LogP contribution in [-0.4, -0.2) is 48.9 Å². The second-order valence-corrected chi connectivity index (χ2v) is 10.0. The third kappa shape index (κ3) is 6.90. The second kappa shape index (κ2) is 12.4. The minimum absolute atomic E-state index is 0.0722. The van der Waals surface area contributed by atoms with E-state index in [9.17, 15) is 9.59 Å². The molecule has 1 aliphatic rings. The highest BCUT2D eigenvalue weighted by molar-refractivity contribution is 5.84. The van der Waals surface area contributed by atoms with Crippen molar-refractivity contribution in [1.82, 2.24) is 10.2 Å². The number of hydrogen-bond donors (Lipinski definition) is 1. The van der Waals surface area contributed by atoms with Crippen LogP contribution in [0, 0.1) is 11.3 Å². The normalized spacial score (nSPS) is 20.3. The van der Waals surface area contributed by atoms with Crippen LogP contribution in [-0.2, 0) is 20.8 Å². The number of nitrogens with zero attached hydrogens (tertiary/aromatic N) is 2. The summed E-state index contributed by atoms with van der Waals surface area (Å²) in [4.78, 5) is 32.8. The zero-order valence-corrected chi connectivity index (χ0v) is 22.2. The van der Waals surface area contributed by atoms with Gasteiger partial charge in [0.1, 0.15) is 19.4 Å². The maximum absolute atomic E-state index is 13.6. The molecule has 1 N–H and O–H groups in total. The predicted molar refractivity (Wildman–Crippen MR) is 143 cm³/mol. The predicted octanol–water partition coefficient (Wildman–Crippen LogP) is 5.71. The van der Waals surface area contributed by atoms with Crippen molar-refractivity contribution in [2.45, 2.75) is 52.6 Å². The summed E-state index contributed by atoms with van der Waals surface area (Å²) in [5.74, 6) is -0.0658. The van der Waals surface area contributed by atoms with Gasteiger partial charge >= 0.3 is 12.2 Å². The van der Waals surface area contributed by atoms with Crippen molar-refractivity contribution in [3.05, 3.63) is 84.4 Å². The van der Waals surface area contributed by atoms with Gasteiger partial charge < -0.3 is 19.5 Å². The first kappa shape index (κ1) is 27.8. The SMILES string of the molecule is C=CCOC(=O)N[C@@H](c1ccccc1)[C@@H]1C(OC)=N[C@@H](C(C)(C)C)N(C(=O)OCc2ccccc2)[C@H]1C. The highest BCUT2D eigenvalue weighted by Gasteiger charge is 2.49. The van der Waals surface area contributed by atoms with Crippen LogP contribution >= 0.6 is 0 Å². The minimum Gasteiger partial charge on any atom is -0.484 e. The molecule has 0 saturated heterocycles. The average Bonchev–Trinajstić information content (AvgIpc) is 2.89. The number of rotatable bonds is 7. The summed E-state index contributed by atoms with van der Waals surface area (Å²) >= 11 is 0. The van der Waals surface area contributed by atoms with E-state index in [1.54, 1.807) is 12.0 Å². The van der Waals surface area contributed by atoms with Gasteiger partial charge in [-0.25, -0.2) is 14.6 Å². The Morgan fingerprint density at radius 3 is 2.27 bits per heavy atom. The Balaban J connectivity index is 2.00. The van der Waals surface area contributed by atoms with Crippen molar-refractivity contribution >= 4 is 18.1 Å². The van der Waals surface area contributed by atoms with Crippen LogP contribution in [0.2, 0.25) is 0 Å². The summed E-state index contributed by atoms with van der Waals surface area (Å²) in [7, 11) is 1.56. The number of benzene rings is 2. The molecule has 0 saturated carbocycles. The molecule has 1 heterocycles. The lowest BCUT2D eigenvalue weighted by atomic mass is 9.82. The Labute approximate surface area is 219 Å². The standard InChI is InChI=1S/C29H37N3O5/c1-7-18-36-27(33)30-24(22-16-12-9-13-17-22)23-20(2)32(26(29(3,4)5)31-25(23)35-6)28(34)37-19-21-14-10-8-11-15-21/h7-17,20,23-24,26H,1,18-19H2,2-6H3,(H,30,33)/t20-,23+,24-,26+/m0/s1. The molecule has 198 valence electrons. The topological polar surface area (TPSA) is 89.5 Å². The van der Waals surface area contributed by atoms with Gasteiger partial charge in [0.05, 0.1) is 19.1 Å². The van der Waals surface area contributed by atoms with E-state index in [0.717, 1.165) is 11.1 Å². The molecular formula is C29H37N3O5. The monoisotopic (exact) mass is 507 g/mol. The number of ether oxygens (including phenoxy) is 3. The Bertz CT molecular complexity index is 1080. The highest BCUT2D eigenvalue weighted by atomic mass is 16.6. The molecule has 2 aromatic rings. The summed E-state index contributed by atoms with van der Waals surface area (Å²) < 4.78 is 16.8. The smallest absolute Gasteiger partial charge is 0.412 e. The lowest BCUT2D eigenvalue weighted by Crippen LogP contribution is -2.60. The van der Waals surface area contributed by atoms with E-state index < -0.39 is 41.8 Å². The molecule has 8 heteroatoms. The number of hydrogen-bond acceptors (Lipinski definition) is 6. The van der Waals surface area contributed by atoms with Gasteiger partial charge in [0.2, 0.25) is 0 Å². The third-order valence-electron chi connectivity index (χ3n) is 6.28. The lowest BCUT2D eigenvalue weighted by molar-refractivity contribution is 0.0121. The Hall–Kier alpha value is -3.81. The van der Waals surface area contributed by atoms with Crippen LogP contribution in [0.25, 0.3) is 0 Å². The first-order valence-electron chi connectivity index (χ1n) is 12.4. The maximum atomic E-state index is 13.6. The van der Waals surface area contributed by atoms with E-state index in [1.807, 2.05) is 88.4 Å². The van der Waals surface area contributed by atoms with Gasteiger partial charge in [-0.3, -0.25) is 4.90 Å². The van der Waals surface area contributed by atoms with Gasteiger partial charge in [0, 0.05) is 11.5 Å². The largest absolute Gasteiger partial charge is 0.484 e. The van der Waals surface area contributed by atoms with Gasteiger partial charge in [-0.1, -0.05) is 94.1 Å². The van der Waals surface area contributed by atoms with Crippen LogP contribution in [0.1, 0.15) is 44.9 Å².